The van der Waals surface area contributed by atoms with Crippen molar-refractivity contribution >= 4 is 0 Å². The molecular formula is C7H14N2O. The normalized spacial score (nSPS) is 41.7. The van der Waals surface area contributed by atoms with Crippen molar-refractivity contribution in [1.82, 2.24) is 10.2 Å². The van der Waals surface area contributed by atoms with Gasteiger partial charge in [-0.1, -0.05) is 0 Å². The van der Waals surface area contributed by atoms with Crippen LogP contribution in [0.5, 0.6) is 0 Å². The van der Waals surface area contributed by atoms with E-state index in [9.17, 15) is 0 Å². The Hall–Kier alpha value is -0.120. The Bertz CT molecular complexity index is 123. The van der Waals surface area contributed by atoms with E-state index in [1.54, 1.807) is 0 Å². The molecule has 58 valence electrons. The van der Waals surface area contributed by atoms with E-state index >= 15 is 0 Å². The van der Waals surface area contributed by atoms with Crippen molar-refractivity contribution in [2.75, 3.05) is 26.2 Å². The van der Waals surface area contributed by atoms with E-state index in [4.69, 9.17) is 4.74 Å². The highest BCUT2D eigenvalue weighted by atomic mass is 16.6. The van der Waals surface area contributed by atoms with Crippen LogP contribution in [0.2, 0.25) is 0 Å². The molecule has 0 amide bonds. The number of ether oxygens (including phenoxy) is 1. The van der Waals surface area contributed by atoms with Gasteiger partial charge in [-0.25, -0.2) is 0 Å². The molecule has 0 aromatic rings. The van der Waals surface area contributed by atoms with E-state index in [0.29, 0.717) is 12.3 Å². The van der Waals surface area contributed by atoms with Gasteiger partial charge in [-0.3, -0.25) is 4.90 Å². The Kier molecular flexibility index (Phi) is 1.64. The number of nitrogens with zero attached hydrogens (tertiary/aromatic N) is 1. The lowest BCUT2D eigenvalue weighted by Crippen LogP contribution is -2.45. The average molecular weight is 142 g/mol. The standard InChI is InChI=1S/C7H14N2O/c1-6-7(10-6)9-4-2-8-3-5-9/h6-8H,2-5H2,1H3. The molecule has 2 rings (SSSR count). The van der Waals surface area contributed by atoms with E-state index in [1.807, 2.05) is 0 Å². The first kappa shape index (κ1) is 6.58. The Morgan fingerprint density at radius 2 is 2.00 bits per heavy atom. The molecule has 0 aromatic carbocycles. The third kappa shape index (κ3) is 1.17. The topological polar surface area (TPSA) is 27.8 Å². The molecule has 2 saturated heterocycles. The smallest absolute Gasteiger partial charge is 0.137 e. The number of rotatable bonds is 1. The Balaban J connectivity index is 1.81. The van der Waals surface area contributed by atoms with Gasteiger partial charge in [0.15, 0.2) is 0 Å². The Labute approximate surface area is 61.3 Å². The van der Waals surface area contributed by atoms with Gasteiger partial charge in [0.1, 0.15) is 6.23 Å². The molecule has 2 aliphatic rings. The monoisotopic (exact) mass is 142 g/mol. The van der Waals surface area contributed by atoms with E-state index < -0.39 is 0 Å². The first-order chi connectivity index (χ1) is 4.88. The zero-order valence-corrected chi connectivity index (χ0v) is 6.34. The molecule has 0 spiro atoms. The highest BCUT2D eigenvalue weighted by molar-refractivity contribution is 4.83. The highest BCUT2D eigenvalue weighted by Gasteiger charge is 2.39. The highest BCUT2D eigenvalue weighted by Crippen LogP contribution is 2.24. The van der Waals surface area contributed by atoms with Gasteiger partial charge in [-0.05, 0) is 6.92 Å². The van der Waals surface area contributed by atoms with Crippen LogP contribution in [-0.4, -0.2) is 43.4 Å². The Morgan fingerprint density at radius 3 is 2.50 bits per heavy atom. The molecule has 2 unspecified atom stereocenters. The molecule has 0 bridgehead atoms. The predicted molar refractivity (Wildman–Crippen MR) is 38.8 cm³/mol. The molecule has 10 heavy (non-hydrogen) atoms. The molecule has 0 aromatic heterocycles. The van der Waals surface area contributed by atoms with Gasteiger partial charge in [-0.2, -0.15) is 0 Å². The van der Waals surface area contributed by atoms with E-state index in [0.717, 1.165) is 26.2 Å². The average Bonchev–Trinajstić information content (AvgIpc) is 2.69. The van der Waals surface area contributed by atoms with Gasteiger partial charge < -0.3 is 10.1 Å². The van der Waals surface area contributed by atoms with Gasteiger partial charge >= 0.3 is 0 Å². The second-order valence-electron chi connectivity index (χ2n) is 3.02. The second kappa shape index (κ2) is 2.49. The van der Waals surface area contributed by atoms with Crippen molar-refractivity contribution in [2.24, 2.45) is 0 Å². The second-order valence-corrected chi connectivity index (χ2v) is 3.02. The maximum Gasteiger partial charge on any atom is 0.137 e. The third-order valence-electron chi connectivity index (χ3n) is 2.19. The molecule has 2 atom stereocenters. The summed E-state index contributed by atoms with van der Waals surface area (Å²) < 4.78 is 5.35. The van der Waals surface area contributed by atoms with Gasteiger partial charge in [0.2, 0.25) is 0 Å². The summed E-state index contributed by atoms with van der Waals surface area (Å²) in [5, 5.41) is 3.31. The summed E-state index contributed by atoms with van der Waals surface area (Å²) >= 11 is 0. The van der Waals surface area contributed by atoms with Crippen LogP contribution in [0, 0.1) is 0 Å². The zero-order chi connectivity index (χ0) is 6.97. The fourth-order valence-corrected chi connectivity index (χ4v) is 1.49. The summed E-state index contributed by atoms with van der Waals surface area (Å²) in [6.45, 7) is 6.66. The summed E-state index contributed by atoms with van der Waals surface area (Å²) in [4.78, 5) is 2.40. The lowest BCUT2D eigenvalue weighted by atomic mass is 10.3. The van der Waals surface area contributed by atoms with Crippen molar-refractivity contribution in [1.29, 1.82) is 0 Å². The molecule has 2 fully saturated rings. The molecular weight excluding hydrogens is 128 g/mol. The molecule has 0 radical (unpaired) electrons. The van der Waals surface area contributed by atoms with Crippen LogP contribution in [0.25, 0.3) is 0 Å². The minimum Gasteiger partial charge on any atom is -0.353 e. The van der Waals surface area contributed by atoms with Crippen molar-refractivity contribution in [3.8, 4) is 0 Å². The van der Waals surface area contributed by atoms with Gasteiger partial charge in [0.05, 0.1) is 6.10 Å². The number of piperazine rings is 1. The largest absolute Gasteiger partial charge is 0.353 e. The molecule has 2 heterocycles. The van der Waals surface area contributed by atoms with E-state index in [2.05, 4.69) is 17.1 Å². The van der Waals surface area contributed by atoms with Crippen molar-refractivity contribution < 1.29 is 4.74 Å². The maximum atomic E-state index is 5.35. The first-order valence-corrected chi connectivity index (χ1v) is 3.98. The predicted octanol–water partition coefficient (Wildman–Crippen LogP) is -0.364. The zero-order valence-electron chi connectivity index (χ0n) is 6.34. The Morgan fingerprint density at radius 1 is 1.40 bits per heavy atom. The fraction of sp³-hybridized carbons (Fsp3) is 1.00. The minimum atomic E-state index is 0.446. The lowest BCUT2D eigenvalue weighted by molar-refractivity contribution is 0.157. The summed E-state index contributed by atoms with van der Waals surface area (Å²) in [6.07, 6.45) is 0.931. The van der Waals surface area contributed by atoms with Crippen molar-refractivity contribution in [3.05, 3.63) is 0 Å². The minimum absolute atomic E-state index is 0.446. The summed E-state index contributed by atoms with van der Waals surface area (Å²) in [7, 11) is 0. The van der Waals surface area contributed by atoms with Crippen LogP contribution in [0.4, 0.5) is 0 Å². The van der Waals surface area contributed by atoms with Crippen LogP contribution in [-0.2, 0) is 4.74 Å². The van der Waals surface area contributed by atoms with Crippen LogP contribution in [0.1, 0.15) is 6.92 Å². The number of hydrogen-bond acceptors (Lipinski definition) is 3. The van der Waals surface area contributed by atoms with Crippen LogP contribution < -0.4 is 5.32 Å². The van der Waals surface area contributed by atoms with Gasteiger partial charge in [0.25, 0.3) is 0 Å². The first-order valence-electron chi connectivity index (χ1n) is 3.98. The molecule has 3 nitrogen and oxygen atoms in total. The van der Waals surface area contributed by atoms with Gasteiger partial charge in [-0.15, -0.1) is 0 Å². The molecule has 3 heteroatoms. The SMILES string of the molecule is CC1OC1N1CCNCC1. The molecule has 2 aliphatic heterocycles. The van der Waals surface area contributed by atoms with Crippen LogP contribution in [0.3, 0.4) is 0 Å². The fourth-order valence-electron chi connectivity index (χ4n) is 1.49. The summed E-state index contributed by atoms with van der Waals surface area (Å²) in [6, 6.07) is 0. The van der Waals surface area contributed by atoms with E-state index in [-0.39, 0.29) is 0 Å². The van der Waals surface area contributed by atoms with E-state index in [1.165, 1.54) is 0 Å². The van der Waals surface area contributed by atoms with Crippen LogP contribution >= 0.6 is 0 Å². The number of nitrogens with one attached hydrogen (secondary N) is 1. The number of epoxide rings is 1. The van der Waals surface area contributed by atoms with Crippen molar-refractivity contribution in [3.63, 3.8) is 0 Å². The number of hydrogen-bond donors (Lipinski definition) is 1. The molecule has 0 saturated carbocycles. The quantitative estimate of drug-likeness (QED) is 0.506. The molecule has 1 N–H and O–H groups in total. The summed E-state index contributed by atoms with van der Waals surface area (Å²) in [5.41, 5.74) is 0. The third-order valence-corrected chi connectivity index (χ3v) is 2.19. The van der Waals surface area contributed by atoms with Gasteiger partial charge in [0, 0.05) is 26.2 Å². The van der Waals surface area contributed by atoms with Crippen LogP contribution in [0.15, 0.2) is 0 Å². The molecule has 0 aliphatic carbocycles. The maximum absolute atomic E-state index is 5.35. The lowest BCUT2D eigenvalue weighted by Gasteiger charge is -2.25. The van der Waals surface area contributed by atoms with Crippen molar-refractivity contribution in [2.45, 2.75) is 19.3 Å². The summed E-state index contributed by atoms with van der Waals surface area (Å²) in [5.74, 6) is 0.